The monoisotopic (exact) mass is 320 g/mol. The number of benzene rings is 2. The van der Waals surface area contributed by atoms with E-state index >= 15 is 0 Å². The van der Waals surface area contributed by atoms with Crippen LogP contribution in [0.4, 0.5) is 11.4 Å². The number of phenolic OH excluding ortho intramolecular Hbond substituents is 1. The predicted molar refractivity (Wildman–Crippen MR) is 76.2 cm³/mol. The number of nitrogens with zero attached hydrogens (tertiary/aromatic N) is 2. The van der Waals surface area contributed by atoms with E-state index in [2.05, 4.69) is 20.9 Å². The number of hydrogen-bond acceptors (Lipinski definition) is 4. The largest absolute Gasteiger partial charge is 0.502 e. The number of phenols is 1. The first-order valence-electron chi connectivity index (χ1n) is 5.34. The van der Waals surface area contributed by atoms with Crippen LogP contribution in [0, 0.1) is 10.1 Å². The van der Waals surface area contributed by atoms with E-state index in [0.29, 0.717) is 11.3 Å². The molecule has 96 valence electrons. The van der Waals surface area contributed by atoms with E-state index in [4.69, 9.17) is 0 Å². The molecule has 1 N–H and O–H groups in total. The summed E-state index contributed by atoms with van der Waals surface area (Å²) in [5, 5.41) is 20.5. The number of hydrogen-bond donors (Lipinski definition) is 1. The summed E-state index contributed by atoms with van der Waals surface area (Å²) >= 11 is 3.34. The molecule has 0 saturated carbocycles. The average Bonchev–Trinajstić information content (AvgIpc) is 2.39. The Morgan fingerprint density at radius 1 is 1.21 bits per heavy atom. The summed E-state index contributed by atoms with van der Waals surface area (Å²) in [4.78, 5) is 14.2. The fraction of sp³-hybridized carbons (Fsp3) is 0. The Labute approximate surface area is 117 Å². The lowest BCUT2D eigenvalue weighted by Gasteiger charge is -2.00. The van der Waals surface area contributed by atoms with Crippen LogP contribution in [-0.2, 0) is 0 Å². The van der Waals surface area contributed by atoms with Crippen LogP contribution in [0.5, 0.6) is 5.75 Å². The molecule has 2 rings (SSSR count). The number of aromatic hydroxyl groups is 1. The van der Waals surface area contributed by atoms with Gasteiger partial charge in [0.25, 0.3) is 0 Å². The Bertz CT molecular complexity index is 656. The topological polar surface area (TPSA) is 75.7 Å². The molecule has 2 aromatic carbocycles. The molecule has 0 saturated heterocycles. The molecule has 0 unspecified atom stereocenters. The summed E-state index contributed by atoms with van der Waals surface area (Å²) in [6.07, 6.45) is 1.39. The van der Waals surface area contributed by atoms with Crippen LogP contribution in [-0.4, -0.2) is 16.2 Å². The standard InChI is InChI=1S/C13H9BrN2O3/c14-10-5-1-2-6-11(10)15-8-9-4-3-7-12(13(9)17)16(18)19/h1-8,17H. The van der Waals surface area contributed by atoms with Gasteiger partial charge in [0.15, 0.2) is 0 Å². The second kappa shape index (κ2) is 5.62. The Balaban J connectivity index is 2.37. The smallest absolute Gasteiger partial charge is 0.311 e. The highest BCUT2D eigenvalue weighted by Crippen LogP contribution is 2.29. The van der Waals surface area contributed by atoms with Gasteiger partial charge in [-0.1, -0.05) is 18.2 Å². The van der Waals surface area contributed by atoms with Crippen LogP contribution in [0.2, 0.25) is 0 Å². The van der Waals surface area contributed by atoms with Crippen molar-refractivity contribution in [2.24, 2.45) is 4.99 Å². The molecule has 6 heteroatoms. The third kappa shape index (κ3) is 2.97. The zero-order valence-electron chi connectivity index (χ0n) is 9.65. The first-order chi connectivity index (χ1) is 9.09. The van der Waals surface area contributed by atoms with Crippen LogP contribution in [0.25, 0.3) is 0 Å². The highest BCUT2D eigenvalue weighted by Gasteiger charge is 2.14. The van der Waals surface area contributed by atoms with Gasteiger partial charge in [0.05, 0.1) is 10.6 Å². The van der Waals surface area contributed by atoms with Gasteiger partial charge >= 0.3 is 5.69 Å². The molecule has 0 radical (unpaired) electrons. The van der Waals surface area contributed by atoms with E-state index in [1.807, 2.05) is 18.2 Å². The van der Waals surface area contributed by atoms with E-state index < -0.39 is 4.92 Å². The van der Waals surface area contributed by atoms with Gasteiger partial charge in [-0.15, -0.1) is 0 Å². The van der Waals surface area contributed by atoms with Crippen LogP contribution < -0.4 is 0 Å². The number of nitro groups is 1. The van der Waals surface area contributed by atoms with E-state index in [9.17, 15) is 15.2 Å². The van der Waals surface area contributed by atoms with Crippen LogP contribution in [0.3, 0.4) is 0 Å². The summed E-state index contributed by atoms with van der Waals surface area (Å²) in [7, 11) is 0. The number of rotatable bonds is 3. The van der Waals surface area contributed by atoms with Gasteiger partial charge in [-0.2, -0.15) is 0 Å². The lowest BCUT2D eigenvalue weighted by atomic mass is 10.2. The molecule has 0 heterocycles. The van der Waals surface area contributed by atoms with Crippen LogP contribution in [0.15, 0.2) is 51.9 Å². The van der Waals surface area contributed by atoms with E-state index in [1.165, 1.54) is 18.3 Å². The Hall–Kier alpha value is -2.21. The van der Waals surface area contributed by atoms with Crippen molar-refractivity contribution in [2.45, 2.75) is 0 Å². The lowest BCUT2D eigenvalue weighted by molar-refractivity contribution is -0.385. The number of aliphatic imine (C=N–C) groups is 1. The molecule has 19 heavy (non-hydrogen) atoms. The maximum atomic E-state index is 10.7. The van der Waals surface area contributed by atoms with Gasteiger partial charge < -0.3 is 5.11 Å². The molecule has 0 aromatic heterocycles. The van der Waals surface area contributed by atoms with Crippen molar-refractivity contribution >= 4 is 33.5 Å². The molecule has 0 bridgehead atoms. The lowest BCUT2D eigenvalue weighted by Crippen LogP contribution is -1.91. The first kappa shape index (κ1) is 13.2. The highest BCUT2D eigenvalue weighted by atomic mass is 79.9. The molecule has 0 spiro atoms. The summed E-state index contributed by atoms with van der Waals surface area (Å²) in [5.41, 5.74) is 0.634. The minimum atomic E-state index is -0.634. The van der Waals surface area contributed by atoms with Crippen LogP contribution in [0.1, 0.15) is 5.56 Å². The minimum absolute atomic E-state index is 0.296. The number of para-hydroxylation sites is 2. The fourth-order valence-corrected chi connectivity index (χ4v) is 1.88. The zero-order valence-corrected chi connectivity index (χ0v) is 11.2. The van der Waals surface area contributed by atoms with Crippen molar-refractivity contribution in [1.82, 2.24) is 0 Å². The van der Waals surface area contributed by atoms with Crippen molar-refractivity contribution in [3.8, 4) is 5.75 Å². The van der Waals surface area contributed by atoms with Gasteiger partial charge in [-0.05, 0) is 34.1 Å². The SMILES string of the molecule is O=[N+]([O-])c1cccc(C=Nc2ccccc2Br)c1O. The predicted octanol–water partition coefficient (Wildman–Crippen LogP) is 3.81. The van der Waals surface area contributed by atoms with Crippen LogP contribution >= 0.6 is 15.9 Å². The number of halogens is 1. The highest BCUT2D eigenvalue weighted by molar-refractivity contribution is 9.10. The quantitative estimate of drug-likeness (QED) is 0.530. The van der Waals surface area contributed by atoms with Crippen molar-refractivity contribution in [3.05, 3.63) is 62.6 Å². The molecule has 5 nitrogen and oxygen atoms in total. The van der Waals surface area contributed by atoms with Gasteiger partial charge in [0.2, 0.25) is 5.75 Å². The molecule has 2 aromatic rings. The van der Waals surface area contributed by atoms with Gasteiger partial charge in [0.1, 0.15) is 0 Å². The second-order valence-electron chi connectivity index (χ2n) is 3.68. The molecular weight excluding hydrogens is 312 g/mol. The average molecular weight is 321 g/mol. The van der Waals surface area contributed by atoms with Crippen molar-refractivity contribution < 1.29 is 10.0 Å². The summed E-state index contributed by atoms with van der Waals surface area (Å²) in [5.74, 6) is -0.386. The molecule has 0 atom stereocenters. The molecule has 0 amide bonds. The Morgan fingerprint density at radius 2 is 1.95 bits per heavy atom. The molecule has 0 fully saturated rings. The van der Waals surface area contributed by atoms with E-state index in [-0.39, 0.29) is 11.4 Å². The third-order valence-electron chi connectivity index (χ3n) is 2.44. The maximum absolute atomic E-state index is 10.7. The normalized spacial score (nSPS) is 10.8. The summed E-state index contributed by atoms with van der Waals surface area (Å²) in [6.45, 7) is 0. The van der Waals surface area contributed by atoms with Gasteiger partial charge in [-0.25, -0.2) is 0 Å². The molecule has 0 aliphatic heterocycles. The molecule has 0 aliphatic rings. The van der Waals surface area contributed by atoms with Crippen molar-refractivity contribution in [2.75, 3.05) is 0 Å². The summed E-state index contributed by atoms with van der Waals surface area (Å²) < 4.78 is 0.802. The van der Waals surface area contributed by atoms with E-state index in [0.717, 1.165) is 4.47 Å². The fourth-order valence-electron chi connectivity index (χ4n) is 1.50. The third-order valence-corrected chi connectivity index (χ3v) is 3.11. The second-order valence-corrected chi connectivity index (χ2v) is 4.54. The minimum Gasteiger partial charge on any atom is -0.502 e. The summed E-state index contributed by atoms with van der Waals surface area (Å²) in [6, 6.07) is 11.6. The van der Waals surface area contributed by atoms with Crippen molar-refractivity contribution in [1.29, 1.82) is 0 Å². The van der Waals surface area contributed by atoms with Crippen molar-refractivity contribution in [3.63, 3.8) is 0 Å². The Morgan fingerprint density at radius 3 is 2.63 bits per heavy atom. The molecular formula is C13H9BrN2O3. The van der Waals surface area contributed by atoms with E-state index in [1.54, 1.807) is 12.1 Å². The first-order valence-corrected chi connectivity index (χ1v) is 6.14. The van der Waals surface area contributed by atoms with Gasteiger partial charge in [0, 0.05) is 22.3 Å². The maximum Gasteiger partial charge on any atom is 0.311 e. The molecule has 0 aliphatic carbocycles. The number of nitro benzene ring substituents is 1. The Kier molecular flexibility index (Phi) is 3.91. The zero-order chi connectivity index (χ0) is 13.8. The van der Waals surface area contributed by atoms with Gasteiger partial charge in [-0.3, -0.25) is 15.1 Å².